The standard InChI is InChI=1S/C14H20N2O5S/c1-10(2)15-22(20,21)12-6-4-5-11(9-12)14(19)16(3)8-7-13(17)18/h4-6,9-10,15H,7-8H2,1-3H3,(H,17,18). The molecule has 0 radical (unpaired) electrons. The van der Waals surface area contributed by atoms with E-state index >= 15 is 0 Å². The first-order valence-corrected chi connectivity index (χ1v) is 8.21. The Morgan fingerprint density at radius 2 is 1.95 bits per heavy atom. The highest BCUT2D eigenvalue weighted by Crippen LogP contribution is 2.13. The Balaban J connectivity index is 2.96. The Labute approximate surface area is 130 Å². The zero-order valence-electron chi connectivity index (χ0n) is 12.7. The van der Waals surface area contributed by atoms with E-state index in [-0.39, 0.29) is 29.5 Å². The van der Waals surface area contributed by atoms with E-state index in [0.717, 1.165) is 0 Å². The molecule has 1 rings (SSSR count). The van der Waals surface area contributed by atoms with Crippen LogP contribution < -0.4 is 4.72 Å². The minimum atomic E-state index is -3.68. The molecule has 0 bridgehead atoms. The third-order valence-electron chi connectivity index (χ3n) is 2.79. The van der Waals surface area contributed by atoms with Crippen LogP contribution in [0.3, 0.4) is 0 Å². The van der Waals surface area contributed by atoms with Crippen LogP contribution in [-0.4, -0.2) is 49.9 Å². The van der Waals surface area contributed by atoms with Crippen LogP contribution in [0.15, 0.2) is 29.2 Å². The molecule has 1 amide bonds. The van der Waals surface area contributed by atoms with Crippen molar-refractivity contribution in [3.8, 4) is 0 Å². The molecule has 0 atom stereocenters. The van der Waals surface area contributed by atoms with E-state index in [2.05, 4.69) is 4.72 Å². The van der Waals surface area contributed by atoms with Crippen LogP contribution >= 0.6 is 0 Å². The van der Waals surface area contributed by atoms with Crippen LogP contribution in [-0.2, 0) is 14.8 Å². The summed E-state index contributed by atoms with van der Waals surface area (Å²) in [5, 5.41) is 8.62. The molecule has 2 N–H and O–H groups in total. The third-order valence-corrected chi connectivity index (χ3v) is 4.45. The topological polar surface area (TPSA) is 104 Å². The van der Waals surface area contributed by atoms with Gasteiger partial charge in [0, 0.05) is 25.2 Å². The van der Waals surface area contributed by atoms with E-state index in [1.807, 2.05) is 0 Å². The summed E-state index contributed by atoms with van der Waals surface area (Å²) in [4.78, 5) is 23.9. The van der Waals surface area contributed by atoms with Gasteiger partial charge in [0.1, 0.15) is 0 Å². The van der Waals surface area contributed by atoms with E-state index < -0.39 is 21.9 Å². The number of amides is 1. The molecule has 122 valence electrons. The van der Waals surface area contributed by atoms with Crippen LogP contribution in [0.25, 0.3) is 0 Å². The number of carbonyl (C=O) groups excluding carboxylic acids is 1. The van der Waals surface area contributed by atoms with E-state index in [0.29, 0.717) is 0 Å². The molecule has 7 nitrogen and oxygen atoms in total. The lowest BCUT2D eigenvalue weighted by Gasteiger charge is -2.17. The lowest BCUT2D eigenvalue weighted by atomic mass is 10.2. The van der Waals surface area contributed by atoms with E-state index in [4.69, 9.17) is 5.11 Å². The summed E-state index contributed by atoms with van der Waals surface area (Å²) in [6, 6.07) is 5.40. The smallest absolute Gasteiger partial charge is 0.305 e. The summed E-state index contributed by atoms with van der Waals surface area (Å²) in [6.45, 7) is 3.45. The first-order valence-electron chi connectivity index (χ1n) is 6.73. The van der Waals surface area contributed by atoms with E-state index in [1.165, 1.54) is 36.2 Å². The van der Waals surface area contributed by atoms with Crippen LogP contribution in [0.5, 0.6) is 0 Å². The molecule has 0 fully saturated rings. The fourth-order valence-electron chi connectivity index (χ4n) is 1.76. The molecule has 1 aromatic rings. The van der Waals surface area contributed by atoms with Gasteiger partial charge >= 0.3 is 5.97 Å². The van der Waals surface area contributed by atoms with Gasteiger partial charge in [-0.2, -0.15) is 0 Å². The molecule has 0 spiro atoms. The van der Waals surface area contributed by atoms with E-state index in [9.17, 15) is 18.0 Å². The summed E-state index contributed by atoms with van der Waals surface area (Å²) >= 11 is 0. The summed E-state index contributed by atoms with van der Waals surface area (Å²) in [6.07, 6.45) is -0.171. The van der Waals surface area contributed by atoms with Crippen molar-refractivity contribution in [1.82, 2.24) is 9.62 Å². The predicted molar refractivity (Wildman–Crippen MR) is 81.1 cm³/mol. The molecule has 0 aliphatic carbocycles. The molecular formula is C14H20N2O5S. The molecule has 0 heterocycles. The number of hydrogen-bond donors (Lipinski definition) is 2. The summed E-state index contributed by atoms with van der Waals surface area (Å²) in [7, 11) is -2.21. The second kappa shape index (κ2) is 7.37. The van der Waals surface area contributed by atoms with Crippen LogP contribution in [0.4, 0.5) is 0 Å². The van der Waals surface area contributed by atoms with Gasteiger partial charge in [-0.3, -0.25) is 9.59 Å². The fraction of sp³-hybridized carbons (Fsp3) is 0.429. The Morgan fingerprint density at radius 3 is 2.50 bits per heavy atom. The minimum Gasteiger partial charge on any atom is -0.481 e. The zero-order chi connectivity index (χ0) is 16.9. The normalized spacial score (nSPS) is 11.5. The number of aliphatic carboxylic acids is 1. The van der Waals surface area contributed by atoms with Crippen LogP contribution in [0.2, 0.25) is 0 Å². The monoisotopic (exact) mass is 328 g/mol. The van der Waals surface area contributed by atoms with Crippen molar-refractivity contribution >= 4 is 21.9 Å². The molecule has 1 aromatic carbocycles. The largest absolute Gasteiger partial charge is 0.481 e. The maximum absolute atomic E-state index is 12.2. The number of nitrogens with zero attached hydrogens (tertiary/aromatic N) is 1. The lowest BCUT2D eigenvalue weighted by molar-refractivity contribution is -0.137. The molecule has 8 heteroatoms. The minimum absolute atomic E-state index is 0.00122. The second-order valence-corrected chi connectivity index (χ2v) is 6.89. The molecule has 0 unspecified atom stereocenters. The van der Waals surface area contributed by atoms with Crippen molar-refractivity contribution in [2.45, 2.75) is 31.2 Å². The van der Waals surface area contributed by atoms with Gasteiger partial charge < -0.3 is 10.0 Å². The van der Waals surface area contributed by atoms with Crippen molar-refractivity contribution in [2.24, 2.45) is 0 Å². The zero-order valence-corrected chi connectivity index (χ0v) is 13.6. The summed E-state index contributed by atoms with van der Waals surface area (Å²) < 4.78 is 26.6. The maximum Gasteiger partial charge on any atom is 0.305 e. The lowest BCUT2D eigenvalue weighted by Crippen LogP contribution is -2.31. The maximum atomic E-state index is 12.2. The number of nitrogens with one attached hydrogen (secondary N) is 1. The van der Waals surface area contributed by atoms with Crippen molar-refractivity contribution in [1.29, 1.82) is 0 Å². The van der Waals surface area contributed by atoms with Crippen LogP contribution in [0, 0.1) is 0 Å². The highest BCUT2D eigenvalue weighted by atomic mass is 32.2. The number of sulfonamides is 1. The van der Waals surface area contributed by atoms with Crippen molar-refractivity contribution in [2.75, 3.05) is 13.6 Å². The Morgan fingerprint density at radius 1 is 1.32 bits per heavy atom. The number of carboxylic acids is 1. The first kappa shape index (κ1) is 18.1. The Kier molecular flexibility index (Phi) is 6.07. The Hall–Kier alpha value is -1.93. The molecule has 0 aliphatic rings. The Bertz CT molecular complexity index is 655. The third kappa shape index (κ3) is 5.12. The van der Waals surface area contributed by atoms with Crippen molar-refractivity contribution in [3.63, 3.8) is 0 Å². The molecule has 0 saturated carbocycles. The number of carbonyl (C=O) groups is 2. The molecule has 0 aliphatic heterocycles. The highest BCUT2D eigenvalue weighted by molar-refractivity contribution is 7.89. The van der Waals surface area contributed by atoms with Gasteiger partial charge in [-0.1, -0.05) is 6.07 Å². The number of carboxylic acid groups (broad SMARTS) is 1. The van der Waals surface area contributed by atoms with Gasteiger partial charge in [-0.15, -0.1) is 0 Å². The predicted octanol–water partition coefficient (Wildman–Crippen LogP) is 0.920. The van der Waals surface area contributed by atoms with Gasteiger partial charge in [0.2, 0.25) is 10.0 Å². The van der Waals surface area contributed by atoms with Gasteiger partial charge in [0.25, 0.3) is 5.91 Å². The fourth-order valence-corrected chi connectivity index (χ4v) is 3.06. The number of benzene rings is 1. The highest BCUT2D eigenvalue weighted by Gasteiger charge is 2.19. The van der Waals surface area contributed by atoms with Gasteiger partial charge in [0.15, 0.2) is 0 Å². The number of rotatable bonds is 7. The van der Waals surface area contributed by atoms with Gasteiger partial charge in [-0.05, 0) is 32.0 Å². The number of hydrogen-bond acceptors (Lipinski definition) is 4. The van der Waals surface area contributed by atoms with Crippen molar-refractivity contribution < 1.29 is 23.1 Å². The molecule has 0 saturated heterocycles. The van der Waals surface area contributed by atoms with Gasteiger partial charge in [-0.25, -0.2) is 13.1 Å². The molecular weight excluding hydrogens is 308 g/mol. The van der Waals surface area contributed by atoms with Crippen LogP contribution in [0.1, 0.15) is 30.6 Å². The average Bonchev–Trinajstić information content (AvgIpc) is 2.42. The summed E-state index contributed by atoms with van der Waals surface area (Å²) in [5.74, 6) is -1.43. The molecule has 0 aromatic heterocycles. The molecule has 22 heavy (non-hydrogen) atoms. The second-order valence-electron chi connectivity index (χ2n) is 5.17. The summed E-state index contributed by atoms with van der Waals surface area (Å²) in [5.41, 5.74) is 0.194. The van der Waals surface area contributed by atoms with Crippen molar-refractivity contribution in [3.05, 3.63) is 29.8 Å². The average molecular weight is 328 g/mol. The first-order chi connectivity index (χ1) is 10.1. The van der Waals surface area contributed by atoms with E-state index in [1.54, 1.807) is 13.8 Å². The van der Waals surface area contributed by atoms with Gasteiger partial charge in [0.05, 0.1) is 11.3 Å². The quantitative estimate of drug-likeness (QED) is 0.774. The SMILES string of the molecule is CC(C)NS(=O)(=O)c1cccc(C(=O)N(C)CCC(=O)O)c1.